The summed E-state index contributed by atoms with van der Waals surface area (Å²) >= 11 is 0. The zero-order valence-corrected chi connectivity index (χ0v) is 11.6. The fourth-order valence-corrected chi connectivity index (χ4v) is 3.70. The lowest BCUT2D eigenvalue weighted by Crippen LogP contribution is -2.39. The van der Waals surface area contributed by atoms with E-state index in [9.17, 15) is 15.0 Å². The summed E-state index contributed by atoms with van der Waals surface area (Å²) in [6.07, 6.45) is 7.19. The van der Waals surface area contributed by atoms with Crippen LogP contribution in [0.5, 0.6) is 11.5 Å². The molecule has 0 aromatic heterocycles. The van der Waals surface area contributed by atoms with Crippen molar-refractivity contribution in [1.29, 1.82) is 0 Å². The third-order valence-corrected chi connectivity index (χ3v) is 4.73. The molecule has 1 heterocycles. The maximum atomic E-state index is 12.6. The van der Waals surface area contributed by atoms with Crippen LogP contribution in [-0.4, -0.2) is 33.6 Å². The van der Waals surface area contributed by atoms with E-state index in [1.165, 1.54) is 37.8 Å². The van der Waals surface area contributed by atoms with E-state index in [2.05, 4.69) is 0 Å². The Morgan fingerprint density at radius 1 is 1.05 bits per heavy atom. The number of hydrogen-bond donors (Lipinski definition) is 2. The predicted octanol–water partition coefficient (Wildman–Crippen LogP) is 2.89. The zero-order valence-electron chi connectivity index (χ0n) is 11.6. The lowest BCUT2D eigenvalue weighted by Gasteiger charge is -2.29. The van der Waals surface area contributed by atoms with Crippen molar-refractivity contribution in [2.24, 2.45) is 5.92 Å². The summed E-state index contributed by atoms with van der Waals surface area (Å²) < 4.78 is 0. The monoisotopic (exact) mass is 275 g/mol. The molecule has 4 nitrogen and oxygen atoms in total. The summed E-state index contributed by atoms with van der Waals surface area (Å²) in [5.74, 6) is 0.213. The van der Waals surface area contributed by atoms with E-state index in [1.54, 1.807) is 6.07 Å². The molecule has 0 spiro atoms. The summed E-state index contributed by atoms with van der Waals surface area (Å²) in [6.45, 7) is 0.807. The zero-order chi connectivity index (χ0) is 14.1. The number of likely N-dealkylation sites (tertiary alicyclic amines) is 1. The number of hydrogen-bond acceptors (Lipinski definition) is 3. The van der Waals surface area contributed by atoms with Gasteiger partial charge in [-0.25, -0.2) is 0 Å². The minimum atomic E-state index is -0.229. The molecule has 108 valence electrons. The number of aromatic hydroxyl groups is 2. The fourth-order valence-electron chi connectivity index (χ4n) is 3.70. The number of phenols is 2. The highest BCUT2D eigenvalue weighted by Crippen LogP contribution is 2.36. The Bertz CT molecular complexity index is 508. The molecular weight excluding hydrogens is 254 g/mol. The lowest BCUT2D eigenvalue weighted by atomic mass is 9.95. The summed E-state index contributed by atoms with van der Waals surface area (Å²) in [7, 11) is 0. The van der Waals surface area contributed by atoms with Crippen molar-refractivity contribution in [3.63, 3.8) is 0 Å². The molecule has 0 bridgehead atoms. The quantitative estimate of drug-likeness (QED) is 0.816. The molecule has 1 aromatic rings. The molecule has 1 unspecified atom stereocenters. The molecular formula is C16H21NO3. The molecule has 1 aromatic carbocycles. The van der Waals surface area contributed by atoms with Crippen molar-refractivity contribution < 1.29 is 15.0 Å². The molecule has 1 amide bonds. The van der Waals surface area contributed by atoms with Crippen LogP contribution in [0.15, 0.2) is 18.2 Å². The highest BCUT2D eigenvalue weighted by molar-refractivity contribution is 5.95. The molecule has 1 aliphatic carbocycles. The van der Waals surface area contributed by atoms with Crippen molar-refractivity contribution >= 4 is 5.91 Å². The van der Waals surface area contributed by atoms with Crippen LogP contribution in [-0.2, 0) is 0 Å². The molecule has 1 aliphatic heterocycles. The van der Waals surface area contributed by atoms with Gasteiger partial charge in [0.05, 0.1) is 0 Å². The molecule has 1 saturated carbocycles. The Morgan fingerprint density at radius 3 is 2.50 bits per heavy atom. The van der Waals surface area contributed by atoms with E-state index in [4.69, 9.17) is 0 Å². The van der Waals surface area contributed by atoms with E-state index < -0.39 is 0 Å². The largest absolute Gasteiger partial charge is 0.504 e. The van der Waals surface area contributed by atoms with Gasteiger partial charge in [0, 0.05) is 18.2 Å². The van der Waals surface area contributed by atoms with Gasteiger partial charge >= 0.3 is 0 Å². The van der Waals surface area contributed by atoms with Crippen LogP contribution in [0.3, 0.4) is 0 Å². The minimum absolute atomic E-state index is 0.0188. The van der Waals surface area contributed by atoms with Crippen LogP contribution in [0.25, 0.3) is 0 Å². The maximum Gasteiger partial charge on any atom is 0.254 e. The van der Waals surface area contributed by atoms with Gasteiger partial charge in [0.25, 0.3) is 5.91 Å². The summed E-state index contributed by atoms with van der Waals surface area (Å²) in [6, 6.07) is 4.69. The molecule has 4 heteroatoms. The Hall–Kier alpha value is -1.71. The van der Waals surface area contributed by atoms with Gasteiger partial charge in [0.1, 0.15) is 0 Å². The number of carbonyl (C=O) groups is 1. The Morgan fingerprint density at radius 2 is 1.80 bits per heavy atom. The molecule has 0 radical (unpaired) electrons. The molecule has 1 atom stereocenters. The van der Waals surface area contributed by atoms with Gasteiger partial charge in [-0.15, -0.1) is 0 Å². The van der Waals surface area contributed by atoms with Crippen LogP contribution >= 0.6 is 0 Å². The van der Waals surface area contributed by atoms with Crippen LogP contribution in [0.1, 0.15) is 48.9 Å². The van der Waals surface area contributed by atoms with Crippen LogP contribution in [0, 0.1) is 5.92 Å². The number of carbonyl (C=O) groups excluding carboxylic acids is 1. The average Bonchev–Trinajstić information content (AvgIpc) is 3.10. The summed E-state index contributed by atoms with van der Waals surface area (Å²) in [4.78, 5) is 14.6. The number of rotatable bonds is 2. The number of nitrogens with zero attached hydrogens (tertiary/aromatic N) is 1. The van der Waals surface area contributed by atoms with Gasteiger partial charge in [-0.05, 0) is 49.8 Å². The predicted molar refractivity (Wildman–Crippen MR) is 75.8 cm³/mol. The van der Waals surface area contributed by atoms with Crippen molar-refractivity contribution in [3.8, 4) is 11.5 Å². The molecule has 2 aliphatic rings. The van der Waals surface area contributed by atoms with Gasteiger partial charge in [0.15, 0.2) is 11.5 Å². The second-order valence-corrected chi connectivity index (χ2v) is 5.96. The van der Waals surface area contributed by atoms with Crippen LogP contribution in [0.4, 0.5) is 0 Å². The van der Waals surface area contributed by atoms with Gasteiger partial charge < -0.3 is 15.1 Å². The molecule has 20 heavy (non-hydrogen) atoms. The second-order valence-electron chi connectivity index (χ2n) is 5.96. The molecule has 2 fully saturated rings. The van der Waals surface area contributed by atoms with Crippen LogP contribution in [0.2, 0.25) is 0 Å². The number of amides is 1. The molecule has 2 N–H and O–H groups in total. The van der Waals surface area contributed by atoms with E-state index in [1.807, 2.05) is 4.90 Å². The smallest absolute Gasteiger partial charge is 0.254 e. The first-order chi connectivity index (χ1) is 9.66. The van der Waals surface area contributed by atoms with Gasteiger partial charge in [-0.3, -0.25) is 4.79 Å². The van der Waals surface area contributed by atoms with Crippen molar-refractivity contribution in [1.82, 2.24) is 4.90 Å². The SMILES string of the molecule is O=C(c1ccc(O)c(O)c1)N1CCCC1C1CCCC1. The fraction of sp³-hybridized carbons (Fsp3) is 0.562. The lowest BCUT2D eigenvalue weighted by molar-refractivity contribution is 0.0688. The maximum absolute atomic E-state index is 12.6. The summed E-state index contributed by atoms with van der Waals surface area (Å²) in [5.41, 5.74) is 0.463. The third kappa shape index (κ3) is 2.35. The molecule has 3 rings (SSSR count). The van der Waals surface area contributed by atoms with Crippen molar-refractivity contribution in [3.05, 3.63) is 23.8 Å². The number of benzene rings is 1. The van der Waals surface area contributed by atoms with E-state index in [0.717, 1.165) is 19.4 Å². The van der Waals surface area contributed by atoms with E-state index >= 15 is 0 Å². The average molecular weight is 275 g/mol. The minimum Gasteiger partial charge on any atom is -0.504 e. The first-order valence-corrected chi connectivity index (χ1v) is 7.50. The summed E-state index contributed by atoms with van der Waals surface area (Å²) in [5, 5.41) is 18.9. The molecule has 1 saturated heterocycles. The standard InChI is InChI=1S/C16H21NO3/c18-14-8-7-12(10-15(14)19)16(20)17-9-3-6-13(17)11-4-1-2-5-11/h7-8,10-11,13,18-19H,1-6,9H2. The van der Waals surface area contributed by atoms with Crippen molar-refractivity contribution in [2.45, 2.75) is 44.6 Å². The Balaban J connectivity index is 1.79. The van der Waals surface area contributed by atoms with Crippen LogP contribution < -0.4 is 0 Å². The third-order valence-electron chi connectivity index (χ3n) is 4.73. The van der Waals surface area contributed by atoms with Gasteiger partial charge in [-0.2, -0.15) is 0 Å². The van der Waals surface area contributed by atoms with Crippen molar-refractivity contribution in [2.75, 3.05) is 6.54 Å². The topological polar surface area (TPSA) is 60.8 Å². The highest BCUT2D eigenvalue weighted by atomic mass is 16.3. The van der Waals surface area contributed by atoms with Gasteiger partial charge in [-0.1, -0.05) is 12.8 Å². The first kappa shape index (κ1) is 13.3. The van der Waals surface area contributed by atoms with E-state index in [-0.39, 0.29) is 17.4 Å². The Kier molecular flexibility index (Phi) is 3.55. The normalized spacial score (nSPS) is 23.4. The highest BCUT2D eigenvalue weighted by Gasteiger charge is 2.36. The first-order valence-electron chi connectivity index (χ1n) is 7.50. The van der Waals surface area contributed by atoms with Gasteiger partial charge in [0.2, 0.25) is 0 Å². The Labute approximate surface area is 119 Å². The number of phenolic OH excluding ortho intramolecular Hbond substituents is 2. The second kappa shape index (κ2) is 5.35. The van der Waals surface area contributed by atoms with E-state index in [0.29, 0.717) is 17.5 Å².